The summed E-state index contributed by atoms with van der Waals surface area (Å²) in [5, 5.41) is 2.93. The van der Waals surface area contributed by atoms with Crippen LogP contribution in [0.2, 0.25) is 0 Å². The van der Waals surface area contributed by atoms with E-state index >= 15 is 0 Å². The van der Waals surface area contributed by atoms with Crippen LogP contribution in [-0.4, -0.2) is 55.8 Å². The van der Waals surface area contributed by atoms with Gasteiger partial charge in [-0.25, -0.2) is 8.42 Å². The van der Waals surface area contributed by atoms with Gasteiger partial charge in [-0.3, -0.25) is 9.59 Å². The Bertz CT molecular complexity index is 550. The third kappa shape index (κ3) is 4.68. The lowest BCUT2D eigenvalue weighted by atomic mass is 9.80. The Morgan fingerprint density at radius 2 is 1.61 bits per heavy atom. The first-order chi connectivity index (χ1) is 10.7. The predicted molar refractivity (Wildman–Crippen MR) is 88.6 cm³/mol. The maximum Gasteiger partial charge on any atom is 0.225 e. The van der Waals surface area contributed by atoms with Gasteiger partial charge in [0.25, 0.3) is 0 Å². The summed E-state index contributed by atoms with van der Waals surface area (Å²) in [6.45, 7) is 3.88. The van der Waals surface area contributed by atoms with E-state index in [1.807, 2.05) is 13.8 Å². The monoisotopic (exact) mass is 344 g/mol. The molecule has 0 aromatic carbocycles. The quantitative estimate of drug-likeness (QED) is 0.823. The van der Waals surface area contributed by atoms with E-state index in [0.29, 0.717) is 19.3 Å². The van der Waals surface area contributed by atoms with Gasteiger partial charge >= 0.3 is 0 Å². The van der Waals surface area contributed by atoms with Gasteiger partial charge in [0.1, 0.15) is 0 Å². The van der Waals surface area contributed by atoms with Gasteiger partial charge in [0.2, 0.25) is 11.8 Å². The molecule has 1 heterocycles. The molecule has 1 atom stereocenters. The third-order valence-electron chi connectivity index (χ3n) is 4.98. The molecule has 0 bridgehead atoms. The number of carbonyl (C=O) groups excluding carboxylic acids is 2. The summed E-state index contributed by atoms with van der Waals surface area (Å²) in [5.74, 6) is 0.305. The van der Waals surface area contributed by atoms with Crippen molar-refractivity contribution >= 4 is 21.7 Å². The molecule has 0 radical (unpaired) electrons. The van der Waals surface area contributed by atoms with Crippen molar-refractivity contribution < 1.29 is 18.0 Å². The van der Waals surface area contributed by atoms with Crippen LogP contribution in [-0.2, 0) is 19.4 Å². The standard InChI is InChI=1S/C16H28N2O4S/c1-11(2)17-15(19)12-4-6-13(7-5-12)16(20)18(3)14-8-9-23(21,22)10-14/h11-14H,4-10H2,1-3H3,(H,17,19). The van der Waals surface area contributed by atoms with Crippen molar-refractivity contribution in [2.24, 2.45) is 11.8 Å². The van der Waals surface area contributed by atoms with Gasteiger partial charge < -0.3 is 10.2 Å². The minimum absolute atomic E-state index is 0.00128. The fourth-order valence-electron chi connectivity index (χ4n) is 3.55. The normalized spacial score (nSPS) is 30.2. The van der Waals surface area contributed by atoms with E-state index in [2.05, 4.69) is 5.32 Å². The molecule has 6 nitrogen and oxygen atoms in total. The van der Waals surface area contributed by atoms with E-state index in [1.165, 1.54) is 0 Å². The van der Waals surface area contributed by atoms with E-state index in [-0.39, 0.29) is 47.2 Å². The number of rotatable bonds is 4. The first kappa shape index (κ1) is 18.2. The smallest absolute Gasteiger partial charge is 0.225 e. The summed E-state index contributed by atoms with van der Waals surface area (Å²) >= 11 is 0. The minimum atomic E-state index is -2.98. The Balaban J connectivity index is 1.85. The van der Waals surface area contributed by atoms with Crippen molar-refractivity contribution in [3.63, 3.8) is 0 Å². The molecular weight excluding hydrogens is 316 g/mol. The van der Waals surface area contributed by atoms with E-state index in [0.717, 1.165) is 12.8 Å². The molecule has 2 rings (SSSR count). The minimum Gasteiger partial charge on any atom is -0.354 e. The van der Waals surface area contributed by atoms with Gasteiger partial charge in [-0.15, -0.1) is 0 Å². The van der Waals surface area contributed by atoms with E-state index < -0.39 is 9.84 Å². The molecule has 1 saturated carbocycles. The first-order valence-corrected chi connectivity index (χ1v) is 10.3. The van der Waals surface area contributed by atoms with Crippen LogP contribution in [0.3, 0.4) is 0 Å². The first-order valence-electron chi connectivity index (χ1n) is 8.47. The van der Waals surface area contributed by atoms with Crippen molar-refractivity contribution in [2.75, 3.05) is 18.6 Å². The van der Waals surface area contributed by atoms with Crippen molar-refractivity contribution in [1.82, 2.24) is 10.2 Å². The molecule has 1 aliphatic heterocycles. The summed E-state index contributed by atoms with van der Waals surface area (Å²) in [4.78, 5) is 26.2. The molecule has 2 aliphatic rings. The topological polar surface area (TPSA) is 83.6 Å². The van der Waals surface area contributed by atoms with E-state index in [4.69, 9.17) is 0 Å². The Morgan fingerprint density at radius 1 is 1.04 bits per heavy atom. The molecule has 0 spiro atoms. The Hall–Kier alpha value is -1.11. The maximum atomic E-state index is 12.6. The number of nitrogens with zero attached hydrogens (tertiary/aromatic N) is 1. The molecule has 1 aliphatic carbocycles. The second kappa shape index (κ2) is 7.20. The number of hydrogen-bond acceptors (Lipinski definition) is 4. The second-order valence-electron chi connectivity index (χ2n) is 7.22. The number of hydrogen-bond donors (Lipinski definition) is 1. The molecule has 2 amide bonds. The zero-order valence-electron chi connectivity index (χ0n) is 14.2. The molecule has 7 heteroatoms. The summed E-state index contributed by atoms with van der Waals surface area (Å²) in [5.41, 5.74) is 0. The molecule has 0 aromatic heterocycles. The SMILES string of the molecule is CC(C)NC(=O)C1CCC(C(=O)N(C)C2CCS(=O)(=O)C2)CC1. The van der Waals surface area contributed by atoms with Crippen LogP contribution >= 0.6 is 0 Å². The number of nitrogens with one attached hydrogen (secondary N) is 1. The highest BCUT2D eigenvalue weighted by Crippen LogP contribution is 2.31. The van der Waals surface area contributed by atoms with Gasteiger partial charge in [0.05, 0.1) is 11.5 Å². The highest BCUT2D eigenvalue weighted by Gasteiger charge is 2.37. The predicted octanol–water partition coefficient (Wildman–Crippen LogP) is 0.963. The number of carbonyl (C=O) groups is 2. The maximum absolute atomic E-state index is 12.6. The van der Waals surface area contributed by atoms with E-state index in [9.17, 15) is 18.0 Å². The number of sulfone groups is 1. The van der Waals surface area contributed by atoms with Crippen molar-refractivity contribution in [3.8, 4) is 0 Å². The van der Waals surface area contributed by atoms with Gasteiger partial charge in [-0.2, -0.15) is 0 Å². The van der Waals surface area contributed by atoms with E-state index in [1.54, 1.807) is 11.9 Å². The summed E-state index contributed by atoms with van der Waals surface area (Å²) in [7, 11) is -1.27. The molecule has 1 saturated heterocycles. The molecule has 1 N–H and O–H groups in total. The van der Waals surface area contributed by atoms with Crippen molar-refractivity contribution in [1.29, 1.82) is 0 Å². The molecule has 2 fully saturated rings. The van der Waals surface area contributed by atoms with Crippen LogP contribution in [0.5, 0.6) is 0 Å². The molecular formula is C16H28N2O4S. The Labute approximate surface area is 138 Å². The van der Waals surface area contributed by atoms with Crippen molar-refractivity contribution in [3.05, 3.63) is 0 Å². The third-order valence-corrected chi connectivity index (χ3v) is 6.73. The average Bonchev–Trinajstić information content (AvgIpc) is 2.85. The van der Waals surface area contributed by atoms with Crippen molar-refractivity contribution in [2.45, 2.75) is 58.0 Å². The highest BCUT2D eigenvalue weighted by atomic mass is 32.2. The lowest BCUT2D eigenvalue weighted by Gasteiger charge is -2.32. The lowest BCUT2D eigenvalue weighted by Crippen LogP contribution is -2.43. The van der Waals surface area contributed by atoms with Crippen LogP contribution < -0.4 is 5.32 Å². The Morgan fingerprint density at radius 3 is 2.09 bits per heavy atom. The summed E-state index contributed by atoms with van der Waals surface area (Å²) in [6.07, 6.45) is 3.41. The van der Waals surface area contributed by atoms with Gasteiger partial charge in [0.15, 0.2) is 9.84 Å². The number of amides is 2. The second-order valence-corrected chi connectivity index (χ2v) is 9.45. The molecule has 0 aromatic rings. The highest BCUT2D eigenvalue weighted by molar-refractivity contribution is 7.91. The summed E-state index contributed by atoms with van der Waals surface area (Å²) < 4.78 is 23.1. The van der Waals surface area contributed by atoms with Crippen LogP contribution in [0.4, 0.5) is 0 Å². The molecule has 132 valence electrons. The van der Waals surface area contributed by atoms with Gasteiger partial charge in [-0.05, 0) is 46.0 Å². The lowest BCUT2D eigenvalue weighted by molar-refractivity contribution is -0.138. The fourth-order valence-corrected chi connectivity index (χ4v) is 5.33. The zero-order valence-corrected chi connectivity index (χ0v) is 15.1. The Kier molecular flexibility index (Phi) is 5.70. The van der Waals surface area contributed by atoms with Gasteiger partial charge in [-0.1, -0.05) is 0 Å². The van der Waals surface area contributed by atoms with Crippen LogP contribution in [0.25, 0.3) is 0 Å². The largest absolute Gasteiger partial charge is 0.354 e. The van der Waals surface area contributed by atoms with Gasteiger partial charge in [0, 0.05) is 31.0 Å². The summed E-state index contributed by atoms with van der Waals surface area (Å²) in [6, 6.07) is -0.0493. The fraction of sp³-hybridized carbons (Fsp3) is 0.875. The molecule has 1 unspecified atom stereocenters. The van der Waals surface area contributed by atoms with Crippen LogP contribution in [0.1, 0.15) is 46.0 Å². The van der Waals surface area contributed by atoms with Crippen LogP contribution in [0.15, 0.2) is 0 Å². The van der Waals surface area contributed by atoms with Crippen LogP contribution in [0, 0.1) is 11.8 Å². The average molecular weight is 344 g/mol. The molecule has 23 heavy (non-hydrogen) atoms. The zero-order chi connectivity index (χ0) is 17.2.